The van der Waals surface area contributed by atoms with Crippen LogP contribution in [0.5, 0.6) is 0 Å². The molecular weight excluding hydrogens is 230 g/mol. The normalized spacial score (nSPS) is 38.5. The van der Waals surface area contributed by atoms with Crippen molar-refractivity contribution in [1.82, 2.24) is 0 Å². The third-order valence-electron chi connectivity index (χ3n) is 2.66. The third-order valence-corrected chi connectivity index (χ3v) is 3.30. The zero-order chi connectivity index (χ0) is 12.3. The van der Waals surface area contributed by atoms with Crippen LogP contribution >= 0.6 is 7.60 Å². The minimum Gasteiger partial charge on any atom is -0.382 e. The highest BCUT2D eigenvalue weighted by molar-refractivity contribution is 7.51. The van der Waals surface area contributed by atoms with Crippen molar-refractivity contribution >= 4 is 15.4 Å². The summed E-state index contributed by atoms with van der Waals surface area (Å²) in [5.41, 5.74) is 0. The van der Waals surface area contributed by atoms with E-state index in [9.17, 15) is 9.46 Å². The summed E-state index contributed by atoms with van der Waals surface area (Å²) in [7, 11) is 3.78. The fourth-order valence-corrected chi connectivity index (χ4v) is 2.72. The van der Waals surface area contributed by atoms with E-state index < -0.39 is 19.7 Å². The van der Waals surface area contributed by atoms with Crippen LogP contribution in [0.3, 0.4) is 0 Å². The van der Waals surface area contributed by atoms with Crippen LogP contribution in [0.4, 0.5) is 0 Å². The lowest BCUT2D eigenvalue weighted by Gasteiger charge is -2.23. The van der Waals surface area contributed by atoms with E-state index in [2.05, 4.69) is 0 Å². The minimum atomic E-state index is -3.54. The number of methoxy groups -OCH3 is 1. The Labute approximate surface area is 97.4 Å². The Bertz CT molecular complexity index is 269. The van der Waals surface area contributed by atoms with Crippen molar-refractivity contribution < 1.29 is 23.5 Å². The number of hydrogen-bond donors (Lipinski definition) is 1. The Balaban J connectivity index is 2.75. The van der Waals surface area contributed by atoms with Crippen LogP contribution in [0.15, 0.2) is 0 Å². The maximum atomic E-state index is 11.3. The van der Waals surface area contributed by atoms with Crippen molar-refractivity contribution in [2.24, 2.45) is 5.92 Å². The molecule has 92 valence electrons. The van der Waals surface area contributed by atoms with Gasteiger partial charge in [-0.05, 0) is 6.42 Å². The highest BCUT2D eigenvalue weighted by Crippen LogP contribution is 2.44. The van der Waals surface area contributed by atoms with Crippen LogP contribution in [0.25, 0.3) is 0 Å². The van der Waals surface area contributed by atoms with E-state index in [1.165, 1.54) is 7.11 Å². The average Bonchev–Trinajstić information content (AvgIpc) is 2.41. The van der Waals surface area contributed by atoms with Gasteiger partial charge in [-0.25, -0.2) is 0 Å². The first-order valence-corrected chi connectivity index (χ1v) is 7.30. The van der Waals surface area contributed by atoms with E-state index in [1.807, 2.05) is 6.92 Å². The van der Waals surface area contributed by atoms with Crippen LogP contribution in [-0.2, 0) is 18.6 Å². The molecule has 1 fully saturated rings. The Morgan fingerprint density at radius 3 is 2.62 bits per heavy atom. The highest BCUT2D eigenvalue weighted by Gasteiger charge is 2.43. The standard InChI is InChI=1S/C9H18BO5P/c1-4-6-8(15-16(3,11)12)7(5-13-2)14-9(6)10/h6-9H,4-5H2,1-3H3,(H,11,12)/t6-,7+,8?,9+/m0/s1. The first kappa shape index (κ1) is 14.2. The molecule has 0 amide bonds. The second kappa shape index (κ2) is 5.65. The summed E-state index contributed by atoms with van der Waals surface area (Å²) < 4.78 is 26.9. The van der Waals surface area contributed by atoms with Crippen LogP contribution < -0.4 is 0 Å². The molecule has 0 aliphatic carbocycles. The molecule has 2 radical (unpaired) electrons. The summed E-state index contributed by atoms with van der Waals surface area (Å²) in [6.45, 7) is 3.40. The molecule has 0 bridgehead atoms. The zero-order valence-corrected chi connectivity index (χ0v) is 10.7. The molecule has 1 aliphatic rings. The zero-order valence-electron chi connectivity index (χ0n) is 9.83. The lowest BCUT2D eigenvalue weighted by Crippen LogP contribution is -2.32. The predicted molar refractivity (Wildman–Crippen MR) is 60.7 cm³/mol. The van der Waals surface area contributed by atoms with Gasteiger partial charge in [0.1, 0.15) is 20.1 Å². The molecular formula is C9H18BO5P. The van der Waals surface area contributed by atoms with E-state index in [0.717, 1.165) is 13.1 Å². The molecule has 1 heterocycles. The van der Waals surface area contributed by atoms with E-state index >= 15 is 0 Å². The van der Waals surface area contributed by atoms with Gasteiger partial charge in [-0.2, -0.15) is 0 Å². The lowest BCUT2D eigenvalue weighted by atomic mass is 9.83. The van der Waals surface area contributed by atoms with Gasteiger partial charge in [0.25, 0.3) is 0 Å². The topological polar surface area (TPSA) is 65.0 Å². The van der Waals surface area contributed by atoms with E-state index in [-0.39, 0.29) is 12.0 Å². The maximum Gasteiger partial charge on any atom is 0.325 e. The molecule has 5 nitrogen and oxygen atoms in total. The maximum absolute atomic E-state index is 11.3. The van der Waals surface area contributed by atoms with Gasteiger partial charge in [-0.15, -0.1) is 0 Å². The molecule has 5 atom stereocenters. The van der Waals surface area contributed by atoms with Crippen molar-refractivity contribution in [2.75, 3.05) is 20.4 Å². The van der Waals surface area contributed by atoms with Gasteiger partial charge in [0, 0.05) is 25.7 Å². The van der Waals surface area contributed by atoms with Gasteiger partial charge in [-0.1, -0.05) is 6.92 Å². The highest BCUT2D eigenvalue weighted by atomic mass is 31.2. The van der Waals surface area contributed by atoms with Crippen molar-refractivity contribution in [3.8, 4) is 0 Å². The molecule has 2 unspecified atom stereocenters. The summed E-state index contributed by atoms with van der Waals surface area (Å²) in [5, 5.41) is 0. The fourth-order valence-electron chi connectivity index (χ4n) is 1.98. The second-order valence-corrected chi connectivity index (χ2v) is 5.86. The first-order chi connectivity index (χ1) is 7.39. The van der Waals surface area contributed by atoms with Crippen molar-refractivity contribution in [1.29, 1.82) is 0 Å². The van der Waals surface area contributed by atoms with Gasteiger partial charge in [-0.3, -0.25) is 4.57 Å². The summed E-state index contributed by atoms with van der Waals surface area (Å²) in [6.07, 6.45) is -0.141. The van der Waals surface area contributed by atoms with Crippen molar-refractivity contribution in [2.45, 2.75) is 31.6 Å². The first-order valence-electron chi connectivity index (χ1n) is 5.27. The summed E-state index contributed by atoms with van der Waals surface area (Å²) in [4.78, 5) is 9.26. The van der Waals surface area contributed by atoms with Gasteiger partial charge < -0.3 is 18.9 Å². The lowest BCUT2D eigenvalue weighted by molar-refractivity contribution is -0.0128. The van der Waals surface area contributed by atoms with Crippen LogP contribution in [0.2, 0.25) is 0 Å². The Morgan fingerprint density at radius 2 is 2.19 bits per heavy atom. The number of hydrogen-bond acceptors (Lipinski definition) is 4. The molecule has 0 aromatic heterocycles. The smallest absolute Gasteiger partial charge is 0.325 e. The summed E-state index contributed by atoms with van der Waals surface area (Å²) in [5.74, 6) is -0.0828. The largest absolute Gasteiger partial charge is 0.382 e. The van der Waals surface area contributed by atoms with Crippen molar-refractivity contribution in [3.05, 3.63) is 0 Å². The van der Waals surface area contributed by atoms with E-state index in [0.29, 0.717) is 6.61 Å². The second-order valence-electron chi connectivity index (χ2n) is 4.04. The van der Waals surface area contributed by atoms with Crippen LogP contribution in [0, 0.1) is 5.92 Å². The molecule has 1 saturated heterocycles. The summed E-state index contributed by atoms with van der Waals surface area (Å²) >= 11 is 0. The molecule has 1 aliphatic heterocycles. The van der Waals surface area contributed by atoms with E-state index in [1.54, 1.807) is 0 Å². The summed E-state index contributed by atoms with van der Waals surface area (Å²) in [6, 6.07) is -0.471. The van der Waals surface area contributed by atoms with Crippen LogP contribution in [0.1, 0.15) is 13.3 Å². The molecule has 0 spiro atoms. The van der Waals surface area contributed by atoms with Gasteiger partial charge in [0.2, 0.25) is 0 Å². The van der Waals surface area contributed by atoms with E-state index in [4.69, 9.17) is 21.8 Å². The number of ether oxygens (including phenoxy) is 2. The van der Waals surface area contributed by atoms with Crippen LogP contribution in [-0.4, -0.2) is 51.3 Å². The molecule has 0 saturated carbocycles. The van der Waals surface area contributed by atoms with Gasteiger partial charge >= 0.3 is 7.60 Å². The monoisotopic (exact) mass is 248 g/mol. The molecule has 0 aromatic rings. The van der Waals surface area contributed by atoms with Gasteiger partial charge in [0.15, 0.2) is 0 Å². The van der Waals surface area contributed by atoms with Gasteiger partial charge in [0.05, 0.1) is 6.61 Å². The predicted octanol–water partition coefficient (Wildman–Crippen LogP) is 0.753. The molecule has 0 aromatic carbocycles. The third kappa shape index (κ3) is 3.57. The fraction of sp³-hybridized carbons (Fsp3) is 1.00. The quantitative estimate of drug-likeness (QED) is 0.574. The Hall–Kier alpha value is 0.135. The molecule has 1 N–H and O–H groups in total. The molecule has 7 heteroatoms. The van der Waals surface area contributed by atoms with Crippen molar-refractivity contribution in [3.63, 3.8) is 0 Å². The SMILES string of the molecule is [B][C@@H]1O[C@H](COC)C(OP(C)(=O)O)[C@@H]1CC. The minimum absolute atomic E-state index is 0.0828. The Kier molecular flexibility index (Phi) is 5.01. The average molecular weight is 248 g/mol. The number of rotatable bonds is 5. The molecule has 1 rings (SSSR count). The Morgan fingerprint density at radius 1 is 1.56 bits per heavy atom. The molecule has 16 heavy (non-hydrogen) atoms.